The standard InChI is InChI=1S/C16H20N2/c1-17-15-8-10-16(11-9-15)18(2)13-12-14-6-4-3-5-7-14/h3-11,17H,12-13H2,1-2H3. The Morgan fingerprint density at radius 2 is 1.61 bits per heavy atom. The smallest absolute Gasteiger partial charge is 0.0365 e. The second kappa shape index (κ2) is 6.10. The number of nitrogens with zero attached hydrogens (tertiary/aromatic N) is 1. The first kappa shape index (κ1) is 12.5. The van der Waals surface area contributed by atoms with E-state index in [0.29, 0.717) is 0 Å². The summed E-state index contributed by atoms with van der Waals surface area (Å²) in [5.41, 5.74) is 3.79. The van der Waals surface area contributed by atoms with Crippen molar-refractivity contribution in [1.82, 2.24) is 0 Å². The third-order valence-electron chi connectivity index (χ3n) is 3.18. The predicted molar refractivity (Wildman–Crippen MR) is 79.4 cm³/mol. The lowest BCUT2D eigenvalue weighted by molar-refractivity contribution is 0.877. The van der Waals surface area contributed by atoms with Gasteiger partial charge in [-0.25, -0.2) is 0 Å². The van der Waals surface area contributed by atoms with Crippen molar-refractivity contribution in [3.05, 3.63) is 60.2 Å². The molecule has 0 atom stereocenters. The van der Waals surface area contributed by atoms with Gasteiger partial charge in [0.2, 0.25) is 0 Å². The van der Waals surface area contributed by atoms with Gasteiger partial charge in [0.15, 0.2) is 0 Å². The lowest BCUT2D eigenvalue weighted by atomic mass is 10.1. The summed E-state index contributed by atoms with van der Waals surface area (Å²) < 4.78 is 0. The maximum Gasteiger partial charge on any atom is 0.0365 e. The number of hydrogen-bond donors (Lipinski definition) is 1. The molecule has 0 aliphatic heterocycles. The van der Waals surface area contributed by atoms with E-state index in [1.807, 2.05) is 7.05 Å². The summed E-state index contributed by atoms with van der Waals surface area (Å²) in [7, 11) is 4.07. The quantitative estimate of drug-likeness (QED) is 0.861. The third-order valence-corrected chi connectivity index (χ3v) is 3.18. The van der Waals surface area contributed by atoms with Gasteiger partial charge in [0, 0.05) is 32.0 Å². The van der Waals surface area contributed by atoms with Crippen LogP contribution in [0.25, 0.3) is 0 Å². The van der Waals surface area contributed by atoms with Crippen LogP contribution in [0.1, 0.15) is 5.56 Å². The average molecular weight is 240 g/mol. The van der Waals surface area contributed by atoms with Gasteiger partial charge < -0.3 is 10.2 Å². The molecule has 0 heterocycles. The number of likely N-dealkylation sites (N-methyl/N-ethyl adjacent to an activating group) is 1. The Morgan fingerprint density at radius 1 is 0.944 bits per heavy atom. The van der Waals surface area contributed by atoms with Crippen LogP contribution < -0.4 is 10.2 Å². The number of anilines is 2. The molecule has 0 fully saturated rings. The molecule has 0 amide bonds. The van der Waals surface area contributed by atoms with Crippen LogP contribution in [0.5, 0.6) is 0 Å². The highest BCUT2D eigenvalue weighted by molar-refractivity contribution is 5.54. The van der Waals surface area contributed by atoms with E-state index in [1.54, 1.807) is 0 Å². The Bertz CT molecular complexity index is 462. The number of benzene rings is 2. The van der Waals surface area contributed by atoms with Crippen LogP contribution in [0.15, 0.2) is 54.6 Å². The fourth-order valence-corrected chi connectivity index (χ4v) is 1.95. The molecule has 2 aromatic rings. The first-order chi connectivity index (χ1) is 8.79. The Labute approximate surface area is 109 Å². The van der Waals surface area contributed by atoms with Gasteiger partial charge in [-0.15, -0.1) is 0 Å². The molecule has 0 unspecified atom stereocenters. The van der Waals surface area contributed by atoms with Crippen LogP contribution in [0.4, 0.5) is 11.4 Å². The minimum Gasteiger partial charge on any atom is -0.388 e. The zero-order valence-corrected chi connectivity index (χ0v) is 11.1. The zero-order chi connectivity index (χ0) is 12.8. The maximum atomic E-state index is 3.13. The van der Waals surface area contributed by atoms with Crippen molar-refractivity contribution in [2.75, 3.05) is 30.9 Å². The van der Waals surface area contributed by atoms with Crippen molar-refractivity contribution in [3.63, 3.8) is 0 Å². The van der Waals surface area contributed by atoms with Crippen molar-refractivity contribution < 1.29 is 0 Å². The van der Waals surface area contributed by atoms with E-state index < -0.39 is 0 Å². The highest BCUT2D eigenvalue weighted by atomic mass is 15.1. The molecule has 2 heteroatoms. The topological polar surface area (TPSA) is 15.3 Å². The van der Waals surface area contributed by atoms with Crippen LogP contribution in [-0.4, -0.2) is 20.6 Å². The van der Waals surface area contributed by atoms with E-state index in [-0.39, 0.29) is 0 Å². The van der Waals surface area contributed by atoms with Gasteiger partial charge in [-0.05, 0) is 36.2 Å². The van der Waals surface area contributed by atoms with E-state index in [9.17, 15) is 0 Å². The molecule has 2 aromatic carbocycles. The Morgan fingerprint density at radius 3 is 2.22 bits per heavy atom. The average Bonchev–Trinajstić information content (AvgIpc) is 2.46. The van der Waals surface area contributed by atoms with E-state index in [0.717, 1.165) is 18.7 Å². The van der Waals surface area contributed by atoms with Gasteiger partial charge >= 0.3 is 0 Å². The van der Waals surface area contributed by atoms with Crippen LogP contribution in [0.2, 0.25) is 0 Å². The summed E-state index contributed by atoms with van der Waals surface area (Å²) in [4.78, 5) is 2.28. The molecule has 0 radical (unpaired) electrons. The molecule has 18 heavy (non-hydrogen) atoms. The molecule has 2 rings (SSSR count). The minimum absolute atomic E-state index is 1.03. The van der Waals surface area contributed by atoms with Crippen LogP contribution in [-0.2, 0) is 6.42 Å². The predicted octanol–water partition coefficient (Wildman–Crippen LogP) is 3.41. The molecule has 0 spiro atoms. The summed E-state index contributed by atoms with van der Waals surface area (Å²) in [6, 6.07) is 19.1. The molecule has 0 aromatic heterocycles. The molecule has 0 saturated heterocycles. The van der Waals surface area contributed by atoms with E-state index in [1.165, 1.54) is 11.3 Å². The third kappa shape index (κ3) is 3.27. The number of rotatable bonds is 5. The fraction of sp³-hybridized carbons (Fsp3) is 0.250. The van der Waals surface area contributed by atoms with Crippen LogP contribution in [0.3, 0.4) is 0 Å². The number of nitrogens with one attached hydrogen (secondary N) is 1. The van der Waals surface area contributed by atoms with Crippen LogP contribution >= 0.6 is 0 Å². The lowest BCUT2D eigenvalue weighted by Crippen LogP contribution is -2.20. The Hall–Kier alpha value is -1.96. The molecular weight excluding hydrogens is 220 g/mol. The van der Waals surface area contributed by atoms with Gasteiger partial charge in [-0.1, -0.05) is 30.3 Å². The Balaban J connectivity index is 1.93. The first-order valence-electron chi connectivity index (χ1n) is 6.32. The molecule has 0 aliphatic carbocycles. The van der Waals surface area contributed by atoms with Crippen molar-refractivity contribution in [1.29, 1.82) is 0 Å². The fourth-order valence-electron chi connectivity index (χ4n) is 1.95. The summed E-state index contributed by atoms with van der Waals surface area (Å²) in [6.07, 6.45) is 1.07. The number of hydrogen-bond acceptors (Lipinski definition) is 2. The Kier molecular flexibility index (Phi) is 4.24. The largest absolute Gasteiger partial charge is 0.388 e. The van der Waals surface area contributed by atoms with E-state index in [2.05, 4.69) is 71.9 Å². The zero-order valence-electron chi connectivity index (χ0n) is 11.1. The van der Waals surface area contributed by atoms with Gasteiger partial charge in [0.25, 0.3) is 0 Å². The summed E-state index contributed by atoms with van der Waals surface area (Å²) in [5, 5.41) is 3.13. The van der Waals surface area contributed by atoms with Gasteiger partial charge in [0.05, 0.1) is 0 Å². The molecule has 0 aliphatic rings. The molecule has 0 saturated carbocycles. The van der Waals surface area contributed by atoms with Gasteiger partial charge in [-0.3, -0.25) is 0 Å². The summed E-state index contributed by atoms with van der Waals surface area (Å²) >= 11 is 0. The van der Waals surface area contributed by atoms with Gasteiger partial charge in [0.1, 0.15) is 0 Å². The lowest BCUT2D eigenvalue weighted by Gasteiger charge is -2.19. The van der Waals surface area contributed by atoms with Crippen molar-refractivity contribution >= 4 is 11.4 Å². The molecular formula is C16H20N2. The first-order valence-corrected chi connectivity index (χ1v) is 6.32. The normalized spacial score (nSPS) is 10.1. The highest BCUT2D eigenvalue weighted by Gasteiger charge is 2.01. The SMILES string of the molecule is CNc1ccc(N(C)CCc2ccccc2)cc1. The molecule has 2 nitrogen and oxygen atoms in total. The monoisotopic (exact) mass is 240 g/mol. The highest BCUT2D eigenvalue weighted by Crippen LogP contribution is 2.16. The second-order valence-electron chi connectivity index (χ2n) is 4.45. The summed E-state index contributed by atoms with van der Waals surface area (Å²) in [5.74, 6) is 0. The summed E-state index contributed by atoms with van der Waals surface area (Å²) in [6.45, 7) is 1.03. The van der Waals surface area contributed by atoms with E-state index in [4.69, 9.17) is 0 Å². The van der Waals surface area contributed by atoms with Crippen LogP contribution in [0, 0.1) is 0 Å². The van der Waals surface area contributed by atoms with Crippen molar-refractivity contribution in [2.24, 2.45) is 0 Å². The molecule has 1 N–H and O–H groups in total. The van der Waals surface area contributed by atoms with Gasteiger partial charge in [-0.2, -0.15) is 0 Å². The maximum absolute atomic E-state index is 3.13. The van der Waals surface area contributed by atoms with E-state index >= 15 is 0 Å². The van der Waals surface area contributed by atoms with Crippen molar-refractivity contribution in [2.45, 2.75) is 6.42 Å². The van der Waals surface area contributed by atoms with Crippen molar-refractivity contribution in [3.8, 4) is 0 Å². The minimum atomic E-state index is 1.03. The molecule has 94 valence electrons. The molecule has 0 bridgehead atoms. The second-order valence-corrected chi connectivity index (χ2v) is 4.45.